The molecule has 4 rings (SSSR count). The molecule has 6 nitrogen and oxygen atoms in total. The molecule has 0 bridgehead atoms. The highest BCUT2D eigenvalue weighted by molar-refractivity contribution is 7.16. The average molecular weight is 374 g/mol. The van der Waals surface area contributed by atoms with Crippen LogP contribution >= 0.6 is 23.7 Å². The number of aromatic nitrogens is 3. The molecule has 128 valence electrons. The van der Waals surface area contributed by atoms with Crippen LogP contribution in [0.15, 0.2) is 34.1 Å². The van der Waals surface area contributed by atoms with Crippen LogP contribution in [0.3, 0.4) is 0 Å². The van der Waals surface area contributed by atoms with Crippen LogP contribution in [-0.2, 0) is 6.42 Å². The molecule has 0 saturated heterocycles. The SMILES string of the molecule is CCCc1nn2c(N)c(C=C3C=Nc4ccccc43)c(=O)nc2s1.Cl. The first-order valence-electron chi connectivity index (χ1n) is 7.70. The fourth-order valence-electron chi connectivity index (χ4n) is 2.68. The minimum atomic E-state index is -0.343. The van der Waals surface area contributed by atoms with Crippen LogP contribution in [0.1, 0.15) is 29.5 Å². The fraction of sp³-hybridized carbons (Fsp3) is 0.176. The van der Waals surface area contributed by atoms with E-state index in [0.29, 0.717) is 16.3 Å². The number of benzene rings is 1. The van der Waals surface area contributed by atoms with Gasteiger partial charge in [-0.3, -0.25) is 9.79 Å². The van der Waals surface area contributed by atoms with Crippen molar-refractivity contribution in [3.05, 3.63) is 50.8 Å². The van der Waals surface area contributed by atoms with Gasteiger partial charge in [0.2, 0.25) is 4.96 Å². The minimum Gasteiger partial charge on any atom is -0.383 e. The van der Waals surface area contributed by atoms with Gasteiger partial charge in [-0.1, -0.05) is 36.5 Å². The van der Waals surface area contributed by atoms with Gasteiger partial charge in [0, 0.05) is 23.8 Å². The summed E-state index contributed by atoms with van der Waals surface area (Å²) in [5.41, 5.74) is 8.92. The fourth-order valence-corrected chi connectivity index (χ4v) is 3.67. The number of allylic oxidation sites excluding steroid dienone is 1. The normalized spacial score (nSPS) is 14.0. The summed E-state index contributed by atoms with van der Waals surface area (Å²) in [6.45, 7) is 2.08. The van der Waals surface area contributed by atoms with Crippen molar-refractivity contribution in [1.82, 2.24) is 14.6 Å². The first-order valence-corrected chi connectivity index (χ1v) is 8.52. The van der Waals surface area contributed by atoms with Gasteiger partial charge >= 0.3 is 0 Å². The van der Waals surface area contributed by atoms with Gasteiger partial charge in [-0.25, -0.2) is 0 Å². The van der Waals surface area contributed by atoms with Crippen molar-refractivity contribution in [1.29, 1.82) is 0 Å². The molecule has 0 atom stereocenters. The van der Waals surface area contributed by atoms with Gasteiger partial charge in [0.05, 0.1) is 11.3 Å². The van der Waals surface area contributed by atoms with Crippen LogP contribution in [0.25, 0.3) is 16.6 Å². The summed E-state index contributed by atoms with van der Waals surface area (Å²) in [4.78, 5) is 21.4. The Bertz CT molecular complexity index is 1070. The van der Waals surface area contributed by atoms with Gasteiger partial charge in [0.1, 0.15) is 10.8 Å². The Morgan fingerprint density at radius 1 is 1.32 bits per heavy atom. The molecule has 0 unspecified atom stereocenters. The van der Waals surface area contributed by atoms with E-state index in [-0.39, 0.29) is 18.0 Å². The zero-order valence-electron chi connectivity index (χ0n) is 13.5. The molecular weight excluding hydrogens is 358 g/mol. The summed E-state index contributed by atoms with van der Waals surface area (Å²) in [6.07, 6.45) is 5.31. The van der Waals surface area contributed by atoms with E-state index < -0.39 is 0 Å². The lowest BCUT2D eigenvalue weighted by molar-refractivity contribution is 0.842. The van der Waals surface area contributed by atoms with Crippen molar-refractivity contribution < 1.29 is 0 Å². The minimum absolute atomic E-state index is 0. The second-order valence-corrected chi connectivity index (χ2v) is 6.57. The van der Waals surface area contributed by atoms with Crippen molar-refractivity contribution in [2.45, 2.75) is 19.8 Å². The standard InChI is InChI=1S/C17H15N5OS.ClH/c1-2-5-14-21-22-15(18)12(16(23)20-17(22)24-14)8-10-9-19-13-7-4-3-6-11(10)13;/h3-4,6-9H,2,5,18H2,1H3;1H. The summed E-state index contributed by atoms with van der Waals surface area (Å²) >= 11 is 1.40. The lowest BCUT2D eigenvalue weighted by Gasteiger charge is -2.03. The molecule has 1 aliphatic heterocycles. The number of anilines is 1. The highest BCUT2D eigenvalue weighted by Gasteiger charge is 2.16. The van der Waals surface area contributed by atoms with Crippen molar-refractivity contribution >= 4 is 58.1 Å². The number of hydrogen-bond donors (Lipinski definition) is 1. The molecule has 2 aromatic heterocycles. The molecule has 8 heteroatoms. The molecule has 1 aliphatic rings. The summed E-state index contributed by atoms with van der Waals surface area (Å²) in [5, 5.41) is 5.39. The van der Waals surface area contributed by atoms with Crippen LogP contribution in [0.4, 0.5) is 11.5 Å². The van der Waals surface area contributed by atoms with E-state index in [2.05, 4.69) is 22.0 Å². The van der Waals surface area contributed by atoms with E-state index >= 15 is 0 Å². The molecular formula is C17H16ClN5OS. The molecule has 0 radical (unpaired) electrons. The third-order valence-corrected chi connectivity index (χ3v) is 4.82. The van der Waals surface area contributed by atoms with Crippen molar-refractivity contribution in [3.8, 4) is 0 Å². The van der Waals surface area contributed by atoms with Crippen molar-refractivity contribution in [3.63, 3.8) is 0 Å². The number of nitrogens with zero attached hydrogens (tertiary/aromatic N) is 4. The van der Waals surface area contributed by atoms with Gasteiger partial charge in [-0.05, 0) is 18.6 Å². The second kappa shape index (κ2) is 6.78. The van der Waals surface area contributed by atoms with E-state index in [9.17, 15) is 4.79 Å². The van der Waals surface area contributed by atoms with Gasteiger partial charge in [-0.15, -0.1) is 12.4 Å². The van der Waals surface area contributed by atoms with E-state index in [1.54, 1.807) is 16.8 Å². The Labute approximate surface area is 154 Å². The molecule has 0 amide bonds. The third-order valence-electron chi connectivity index (χ3n) is 3.86. The monoisotopic (exact) mass is 373 g/mol. The van der Waals surface area contributed by atoms with Crippen LogP contribution in [0.5, 0.6) is 0 Å². The quantitative estimate of drug-likeness (QED) is 0.762. The number of nitrogens with two attached hydrogens (primary N) is 1. The van der Waals surface area contributed by atoms with Crippen LogP contribution < -0.4 is 11.3 Å². The molecule has 3 heterocycles. The van der Waals surface area contributed by atoms with E-state index in [1.807, 2.05) is 24.3 Å². The van der Waals surface area contributed by atoms with Gasteiger partial charge in [0.25, 0.3) is 5.56 Å². The predicted molar refractivity (Wildman–Crippen MR) is 105 cm³/mol. The molecule has 0 fully saturated rings. The van der Waals surface area contributed by atoms with Crippen molar-refractivity contribution in [2.75, 3.05) is 5.73 Å². The topological polar surface area (TPSA) is 85.6 Å². The maximum atomic E-state index is 12.4. The number of para-hydroxylation sites is 1. The maximum Gasteiger partial charge on any atom is 0.283 e. The molecule has 25 heavy (non-hydrogen) atoms. The lowest BCUT2D eigenvalue weighted by Crippen LogP contribution is -2.16. The Kier molecular flexibility index (Phi) is 4.69. The third kappa shape index (κ3) is 2.96. The number of halogens is 1. The number of fused-ring (bicyclic) bond motifs is 2. The largest absolute Gasteiger partial charge is 0.383 e. The Balaban J connectivity index is 0.00000182. The van der Waals surface area contributed by atoms with Crippen LogP contribution in [0, 0.1) is 0 Å². The first-order chi connectivity index (χ1) is 11.7. The Morgan fingerprint density at radius 2 is 2.12 bits per heavy atom. The number of nitrogen functional groups attached to an aromatic ring is 1. The molecule has 3 aromatic rings. The van der Waals surface area contributed by atoms with Gasteiger partial charge < -0.3 is 5.73 Å². The van der Waals surface area contributed by atoms with E-state index in [4.69, 9.17) is 5.73 Å². The highest BCUT2D eigenvalue weighted by atomic mass is 35.5. The Morgan fingerprint density at radius 3 is 2.92 bits per heavy atom. The summed E-state index contributed by atoms with van der Waals surface area (Å²) < 4.78 is 1.56. The summed E-state index contributed by atoms with van der Waals surface area (Å²) in [7, 11) is 0. The molecule has 0 saturated carbocycles. The average Bonchev–Trinajstić information content (AvgIpc) is 3.16. The zero-order valence-corrected chi connectivity index (χ0v) is 15.1. The van der Waals surface area contributed by atoms with Crippen molar-refractivity contribution in [2.24, 2.45) is 4.99 Å². The van der Waals surface area contributed by atoms with Crippen LogP contribution in [0.2, 0.25) is 0 Å². The van der Waals surface area contributed by atoms with E-state index in [0.717, 1.165) is 34.7 Å². The van der Waals surface area contributed by atoms with Gasteiger partial charge in [0.15, 0.2) is 0 Å². The number of rotatable bonds is 3. The number of hydrogen-bond acceptors (Lipinski definition) is 6. The smallest absolute Gasteiger partial charge is 0.283 e. The predicted octanol–water partition coefficient (Wildman–Crippen LogP) is 3.36. The second-order valence-electron chi connectivity index (χ2n) is 5.53. The van der Waals surface area contributed by atoms with E-state index in [1.165, 1.54) is 11.3 Å². The highest BCUT2D eigenvalue weighted by Crippen LogP contribution is 2.32. The first kappa shape index (κ1) is 17.3. The molecule has 1 aromatic carbocycles. The molecule has 0 aliphatic carbocycles. The number of aryl methyl sites for hydroxylation is 1. The Hall–Kier alpha value is -2.51. The maximum absolute atomic E-state index is 12.4. The zero-order chi connectivity index (χ0) is 16.7. The number of aliphatic imine (C=N–C) groups is 1. The van der Waals surface area contributed by atoms with Crippen LogP contribution in [-0.4, -0.2) is 20.8 Å². The summed E-state index contributed by atoms with van der Waals surface area (Å²) in [5.74, 6) is 0.314. The molecule has 2 N–H and O–H groups in total. The summed E-state index contributed by atoms with van der Waals surface area (Å²) in [6, 6.07) is 7.77. The molecule has 0 spiro atoms. The lowest BCUT2D eigenvalue weighted by atomic mass is 10.1. The van der Waals surface area contributed by atoms with Gasteiger partial charge in [-0.2, -0.15) is 14.6 Å².